The number of hydrogen-bond donors (Lipinski definition) is 0. The molecule has 2 bridgehead atoms. The lowest BCUT2D eigenvalue weighted by Crippen LogP contribution is -2.69. The molecular formula is C24H39NO2. The van der Waals surface area contributed by atoms with Gasteiger partial charge in [0.1, 0.15) is 5.60 Å². The van der Waals surface area contributed by atoms with Crippen LogP contribution in [0.3, 0.4) is 0 Å². The Hall–Kier alpha value is -0.900. The lowest BCUT2D eigenvalue weighted by atomic mass is 9.59. The van der Waals surface area contributed by atoms with Crippen LogP contribution in [0.15, 0.2) is 30.3 Å². The molecule has 3 fully saturated rings. The first-order valence-corrected chi connectivity index (χ1v) is 10.9. The Morgan fingerprint density at radius 3 is 2.41 bits per heavy atom. The quantitative estimate of drug-likeness (QED) is 0.563. The molecule has 4 rings (SSSR count). The molecule has 3 nitrogen and oxygen atoms in total. The Balaban J connectivity index is 1.76. The van der Waals surface area contributed by atoms with Crippen LogP contribution >= 0.6 is 0 Å². The minimum absolute atomic E-state index is 0.0439. The molecule has 0 radical (unpaired) electrons. The first-order valence-electron chi connectivity index (χ1n) is 10.9. The van der Waals surface area contributed by atoms with Crippen LogP contribution in [0.2, 0.25) is 0 Å². The lowest BCUT2D eigenvalue weighted by Gasteiger charge is -2.63. The molecule has 0 N–H and O–H groups in total. The summed E-state index contributed by atoms with van der Waals surface area (Å²) in [6.45, 7) is 15.5. The van der Waals surface area contributed by atoms with Crippen LogP contribution in [0.4, 0.5) is 0 Å². The Labute approximate surface area is 166 Å². The maximum atomic E-state index is 6.79. The first kappa shape index (κ1) is 20.8. The summed E-state index contributed by atoms with van der Waals surface area (Å²) in [6, 6.07) is 10.8. The van der Waals surface area contributed by atoms with Gasteiger partial charge in [-0.3, -0.25) is 0 Å². The lowest BCUT2D eigenvalue weighted by molar-refractivity contribution is -0.325. The fraction of sp³-hybridized carbons (Fsp3) is 0.750. The zero-order chi connectivity index (χ0) is 19.5. The molecule has 3 heteroatoms. The Bertz CT molecular complexity index is 598. The molecule has 1 aromatic rings. The van der Waals surface area contributed by atoms with E-state index in [1.807, 2.05) is 0 Å². The van der Waals surface area contributed by atoms with E-state index < -0.39 is 0 Å². The molecule has 0 amide bonds. The van der Waals surface area contributed by atoms with Gasteiger partial charge in [0, 0.05) is 19.6 Å². The molecule has 2 saturated heterocycles. The fourth-order valence-electron chi connectivity index (χ4n) is 5.34. The highest BCUT2D eigenvalue weighted by molar-refractivity contribution is 5.22. The smallest absolute Gasteiger partial charge is 0.101 e. The molecule has 0 spiro atoms. The molecule has 3 unspecified atom stereocenters. The summed E-state index contributed by atoms with van der Waals surface area (Å²) in [5.41, 5.74) is 0.890. The average Bonchev–Trinajstić information content (AvgIpc) is 2.63. The molecule has 3 aliphatic rings. The van der Waals surface area contributed by atoms with E-state index in [2.05, 4.69) is 69.9 Å². The van der Waals surface area contributed by atoms with Gasteiger partial charge in [-0.15, -0.1) is 0 Å². The van der Waals surface area contributed by atoms with Crippen molar-refractivity contribution in [2.75, 3.05) is 26.2 Å². The molecule has 27 heavy (non-hydrogen) atoms. The molecule has 1 aromatic carbocycles. The number of benzene rings is 1. The highest BCUT2D eigenvalue weighted by Gasteiger charge is 2.62. The molecular weight excluding hydrogens is 334 g/mol. The largest absolute Gasteiger partial charge is 0.372 e. The van der Waals surface area contributed by atoms with E-state index in [-0.39, 0.29) is 16.8 Å². The van der Waals surface area contributed by atoms with Crippen molar-refractivity contribution in [1.82, 2.24) is 4.90 Å². The van der Waals surface area contributed by atoms with Gasteiger partial charge in [-0.05, 0) is 71.0 Å². The Morgan fingerprint density at radius 2 is 1.81 bits per heavy atom. The van der Waals surface area contributed by atoms with Crippen molar-refractivity contribution < 1.29 is 9.47 Å². The summed E-state index contributed by atoms with van der Waals surface area (Å²) in [5.74, 6) is 0.575. The van der Waals surface area contributed by atoms with Crippen LogP contribution in [0, 0.1) is 5.92 Å². The number of hydrogen-bond acceptors (Lipinski definition) is 3. The second-order valence-corrected chi connectivity index (χ2v) is 9.26. The summed E-state index contributed by atoms with van der Waals surface area (Å²) in [7, 11) is 0. The molecule has 1 aliphatic carbocycles. The monoisotopic (exact) mass is 373 g/mol. The van der Waals surface area contributed by atoms with Gasteiger partial charge in [0.2, 0.25) is 0 Å². The Kier molecular flexibility index (Phi) is 6.34. The summed E-state index contributed by atoms with van der Waals surface area (Å²) in [6.07, 6.45) is 5.49. The van der Waals surface area contributed by atoms with E-state index in [4.69, 9.17) is 9.47 Å². The third kappa shape index (κ3) is 4.26. The SMILES string of the molecule is CCN(CC)CCCOC1(Cc2ccccc2)CC2CCC1(C)OC2(C)C. The van der Waals surface area contributed by atoms with Crippen molar-refractivity contribution in [3.05, 3.63) is 35.9 Å². The fourth-order valence-corrected chi connectivity index (χ4v) is 5.34. The van der Waals surface area contributed by atoms with Crippen molar-refractivity contribution in [2.45, 2.75) is 83.5 Å². The van der Waals surface area contributed by atoms with E-state index >= 15 is 0 Å². The van der Waals surface area contributed by atoms with Crippen LogP contribution in [-0.2, 0) is 15.9 Å². The molecule has 2 heterocycles. The first-order chi connectivity index (χ1) is 12.8. The zero-order valence-corrected chi connectivity index (χ0v) is 18.1. The third-order valence-corrected chi connectivity index (χ3v) is 7.21. The minimum Gasteiger partial charge on any atom is -0.372 e. The van der Waals surface area contributed by atoms with E-state index in [9.17, 15) is 0 Å². The number of nitrogens with zero attached hydrogens (tertiary/aromatic N) is 1. The van der Waals surface area contributed by atoms with Crippen LogP contribution < -0.4 is 0 Å². The van der Waals surface area contributed by atoms with Crippen LogP contribution in [0.25, 0.3) is 0 Å². The number of fused-ring (bicyclic) bond motifs is 3. The molecule has 2 aliphatic heterocycles. The van der Waals surface area contributed by atoms with Gasteiger partial charge in [-0.2, -0.15) is 0 Å². The number of ether oxygens (including phenoxy) is 2. The summed E-state index contributed by atoms with van der Waals surface area (Å²) >= 11 is 0. The van der Waals surface area contributed by atoms with Gasteiger partial charge >= 0.3 is 0 Å². The minimum atomic E-state index is -0.212. The predicted octanol–water partition coefficient (Wildman–Crippen LogP) is 5.08. The molecule has 0 aromatic heterocycles. The van der Waals surface area contributed by atoms with Crippen molar-refractivity contribution in [1.29, 1.82) is 0 Å². The molecule has 152 valence electrons. The van der Waals surface area contributed by atoms with Gasteiger partial charge in [0.15, 0.2) is 0 Å². The van der Waals surface area contributed by atoms with Gasteiger partial charge in [0.05, 0.1) is 11.2 Å². The van der Waals surface area contributed by atoms with Crippen LogP contribution in [0.5, 0.6) is 0 Å². The highest BCUT2D eigenvalue weighted by atomic mass is 16.6. The van der Waals surface area contributed by atoms with E-state index in [0.717, 1.165) is 51.9 Å². The van der Waals surface area contributed by atoms with Gasteiger partial charge in [-0.25, -0.2) is 0 Å². The highest BCUT2D eigenvalue weighted by Crippen LogP contribution is 2.57. The van der Waals surface area contributed by atoms with Crippen molar-refractivity contribution in [2.24, 2.45) is 5.92 Å². The maximum Gasteiger partial charge on any atom is 0.101 e. The standard InChI is InChI=1S/C24H39NO2/c1-6-25(7-2)16-11-17-26-24(18-20-12-9-8-10-13-20)19-21-14-15-23(24,5)27-22(21,3)4/h8-10,12-13,21H,6-7,11,14-19H2,1-5H3. The van der Waals surface area contributed by atoms with Crippen molar-refractivity contribution in [3.63, 3.8) is 0 Å². The van der Waals surface area contributed by atoms with Gasteiger partial charge in [-0.1, -0.05) is 44.2 Å². The van der Waals surface area contributed by atoms with Crippen molar-refractivity contribution >= 4 is 0 Å². The zero-order valence-electron chi connectivity index (χ0n) is 18.1. The normalized spacial score (nSPS) is 32.1. The second-order valence-electron chi connectivity index (χ2n) is 9.26. The van der Waals surface area contributed by atoms with Crippen LogP contribution in [0.1, 0.15) is 65.9 Å². The Morgan fingerprint density at radius 1 is 1.11 bits per heavy atom. The van der Waals surface area contributed by atoms with E-state index in [0.29, 0.717) is 5.92 Å². The topological polar surface area (TPSA) is 21.7 Å². The average molecular weight is 374 g/mol. The summed E-state index contributed by atoms with van der Waals surface area (Å²) < 4.78 is 13.5. The number of rotatable bonds is 9. The van der Waals surface area contributed by atoms with Gasteiger partial charge < -0.3 is 14.4 Å². The second kappa shape index (κ2) is 8.23. The van der Waals surface area contributed by atoms with Gasteiger partial charge in [0.25, 0.3) is 0 Å². The maximum absolute atomic E-state index is 6.79. The molecule has 1 saturated carbocycles. The van der Waals surface area contributed by atoms with E-state index in [1.165, 1.54) is 12.0 Å². The summed E-state index contributed by atoms with van der Waals surface area (Å²) in [5, 5.41) is 0. The van der Waals surface area contributed by atoms with Crippen LogP contribution in [-0.4, -0.2) is 47.9 Å². The third-order valence-electron chi connectivity index (χ3n) is 7.21. The summed E-state index contributed by atoms with van der Waals surface area (Å²) in [4.78, 5) is 2.47. The van der Waals surface area contributed by atoms with Crippen molar-refractivity contribution in [3.8, 4) is 0 Å². The predicted molar refractivity (Wildman–Crippen MR) is 112 cm³/mol. The molecule has 3 atom stereocenters. The van der Waals surface area contributed by atoms with E-state index in [1.54, 1.807) is 0 Å².